The second kappa shape index (κ2) is 9.13. The summed E-state index contributed by atoms with van der Waals surface area (Å²) in [4.78, 5) is 23.3. The van der Waals surface area contributed by atoms with Gasteiger partial charge < -0.3 is 24.2 Å². The minimum absolute atomic E-state index is 0.0214. The van der Waals surface area contributed by atoms with Crippen LogP contribution in [0.25, 0.3) is 0 Å². The minimum atomic E-state index is -0.0214. The second-order valence-electron chi connectivity index (χ2n) is 7.57. The SMILES string of the molecule is CN(CCC(=O)N1CCN(c2ccccn2)CC1)CC1COc2ccccc2O1. The molecule has 1 fully saturated rings. The standard InChI is InChI=1S/C22H28N4O3/c1-24(16-18-17-28-19-6-2-3-7-20(19)29-18)11-9-22(27)26-14-12-25(13-15-26)21-8-4-5-10-23-21/h2-8,10,18H,9,11-17H2,1H3. The molecule has 1 unspecified atom stereocenters. The van der Waals surface area contributed by atoms with Gasteiger partial charge in [-0.05, 0) is 31.3 Å². The highest BCUT2D eigenvalue weighted by molar-refractivity contribution is 5.76. The van der Waals surface area contributed by atoms with E-state index >= 15 is 0 Å². The third kappa shape index (κ3) is 4.98. The summed E-state index contributed by atoms with van der Waals surface area (Å²) in [6.45, 7) is 5.11. The van der Waals surface area contributed by atoms with Crippen molar-refractivity contribution < 1.29 is 14.3 Å². The molecule has 29 heavy (non-hydrogen) atoms. The van der Waals surface area contributed by atoms with Crippen molar-refractivity contribution in [2.75, 3.05) is 57.8 Å². The summed E-state index contributed by atoms with van der Waals surface area (Å²) in [5, 5.41) is 0. The van der Waals surface area contributed by atoms with Crippen molar-refractivity contribution in [2.24, 2.45) is 0 Å². The highest BCUT2D eigenvalue weighted by atomic mass is 16.6. The first-order chi connectivity index (χ1) is 14.2. The van der Waals surface area contributed by atoms with Crippen LogP contribution in [0.3, 0.4) is 0 Å². The highest BCUT2D eigenvalue weighted by Gasteiger charge is 2.24. The number of anilines is 1. The Morgan fingerprint density at radius 2 is 1.86 bits per heavy atom. The summed E-state index contributed by atoms with van der Waals surface area (Å²) in [6.07, 6.45) is 2.30. The van der Waals surface area contributed by atoms with E-state index < -0.39 is 0 Å². The van der Waals surface area contributed by atoms with Gasteiger partial charge in [0.2, 0.25) is 5.91 Å². The number of benzene rings is 1. The van der Waals surface area contributed by atoms with E-state index in [0.29, 0.717) is 19.6 Å². The zero-order valence-electron chi connectivity index (χ0n) is 16.9. The lowest BCUT2D eigenvalue weighted by Crippen LogP contribution is -2.49. The summed E-state index contributed by atoms with van der Waals surface area (Å²) < 4.78 is 11.8. The molecule has 0 aliphatic carbocycles. The van der Waals surface area contributed by atoms with Gasteiger partial charge in [0.05, 0.1) is 0 Å². The van der Waals surface area contributed by atoms with Crippen LogP contribution in [0.2, 0.25) is 0 Å². The van der Waals surface area contributed by atoms with Crippen molar-refractivity contribution in [1.29, 1.82) is 0 Å². The lowest BCUT2D eigenvalue weighted by Gasteiger charge is -2.35. The molecule has 2 aliphatic heterocycles. The van der Waals surface area contributed by atoms with Crippen LogP contribution in [0.15, 0.2) is 48.7 Å². The van der Waals surface area contributed by atoms with Crippen molar-refractivity contribution in [2.45, 2.75) is 12.5 Å². The number of carbonyl (C=O) groups is 1. The average Bonchev–Trinajstić information content (AvgIpc) is 2.78. The number of carbonyl (C=O) groups excluding carboxylic acids is 1. The van der Waals surface area contributed by atoms with Crippen LogP contribution < -0.4 is 14.4 Å². The predicted molar refractivity (Wildman–Crippen MR) is 111 cm³/mol. The van der Waals surface area contributed by atoms with E-state index in [2.05, 4.69) is 14.8 Å². The molecule has 2 aliphatic rings. The Labute approximate surface area is 171 Å². The lowest BCUT2D eigenvalue weighted by atomic mass is 10.2. The van der Waals surface area contributed by atoms with Gasteiger partial charge in [0.1, 0.15) is 18.5 Å². The number of nitrogens with zero attached hydrogens (tertiary/aromatic N) is 4. The quantitative estimate of drug-likeness (QED) is 0.743. The van der Waals surface area contributed by atoms with Crippen LogP contribution in [0.5, 0.6) is 11.5 Å². The molecule has 1 aromatic carbocycles. The maximum Gasteiger partial charge on any atom is 0.223 e. The fraction of sp³-hybridized carbons (Fsp3) is 0.455. The molecule has 7 heteroatoms. The smallest absolute Gasteiger partial charge is 0.223 e. The van der Waals surface area contributed by atoms with Crippen LogP contribution in [-0.2, 0) is 4.79 Å². The molecule has 0 radical (unpaired) electrons. The van der Waals surface area contributed by atoms with E-state index in [1.54, 1.807) is 0 Å². The molecule has 1 atom stereocenters. The molecular weight excluding hydrogens is 368 g/mol. The fourth-order valence-corrected chi connectivity index (χ4v) is 3.76. The maximum atomic E-state index is 12.6. The Kier molecular flexibility index (Phi) is 6.14. The Balaban J connectivity index is 1.18. The van der Waals surface area contributed by atoms with Crippen molar-refractivity contribution >= 4 is 11.7 Å². The summed E-state index contributed by atoms with van der Waals surface area (Å²) in [7, 11) is 2.02. The van der Waals surface area contributed by atoms with Gasteiger partial charge in [-0.3, -0.25) is 4.79 Å². The number of rotatable bonds is 6. The molecule has 3 heterocycles. The van der Waals surface area contributed by atoms with E-state index in [0.717, 1.165) is 50.0 Å². The van der Waals surface area contributed by atoms with E-state index in [1.165, 1.54) is 0 Å². The topological polar surface area (TPSA) is 58.1 Å². The predicted octanol–water partition coefficient (Wildman–Crippen LogP) is 1.89. The third-order valence-corrected chi connectivity index (χ3v) is 5.40. The molecular formula is C22H28N4O3. The number of aromatic nitrogens is 1. The molecule has 1 aromatic heterocycles. The van der Waals surface area contributed by atoms with Gasteiger partial charge >= 0.3 is 0 Å². The second-order valence-corrected chi connectivity index (χ2v) is 7.57. The van der Waals surface area contributed by atoms with Gasteiger partial charge in [-0.25, -0.2) is 4.98 Å². The van der Waals surface area contributed by atoms with Gasteiger partial charge in [0.25, 0.3) is 0 Å². The summed E-state index contributed by atoms with van der Waals surface area (Å²) in [6, 6.07) is 13.7. The van der Waals surface area contributed by atoms with Crippen LogP contribution in [-0.4, -0.2) is 79.7 Å². The largest absolute Gasteiger partial charge is 0.486 e. The zero-order valence-corrected chi connectivity index (χ0v) is 16.9. The van der Waals surface area contributed by atoms with E-state index in [-0.39, 0.29) is 12.0 Å². The Hall–Kier alpha value is -2.80. The number of hydrogen-bond acceptors (Lipinski definition) is 6. The van der Waals surface area contributed by atoms with Crippen molar-refractivity contribution in [1.82, 2.24) is 14.8 Å². The monoisotopic (exact) mass is 396 g/mol. The molecule has 0 N–H and O–H groups in total. The zero-order chi connectivity index (χ0) is 20.1. The highest BCUT2D eigenvalue weighted by Crippen LogP contribution is 2.30. The number of hydrogen-bond donors (Lipinski definition) is 0. The number of para-hydroxylation sites is 2. The number of likely N-dealkylation sites (N-methyl/N-ethyl adjacent to an activating group) is 1. The van der Waals surface area contributed by atoms with Gasteiger partial charge in [0.15, 0.2) is 11.5 Å². The fourth-order valence-electron chi connectivity index (χ4n) is 3.76. The van der Waals surface area contributed by atoms with Crippen LogP contribution >= 0.6 is 0 Å². The third-order valence-electron chi connectivity index (χ3n) is 5.40. The number of amides is 1. The molecule has 0 spiro atoms. The molecule has 2 aromatic rings. The van der Waals surface area contributed by atoms with Crippen molar-refractivity contribution in [3.8, 4) is 11.5 Å². The molecule has 4 rings (SSSR count). The normalized spacial score (nSPS) is 18.8. The Morgan fingerprint density at radius 3 is 2.62 bits per heavy atom. The Bertz CT molecular complexity index is 809. The van der Waals surface area contributed by atoms with E-state index in [9.17, 15) is 4.79 Å². The first kappa shape index (κ1) is 19.5. The Morgan fingerprint density at radius 1 is 1.10 bits per heavy atom. The first-order valence-electron chi connectivity index (χ1n) is 10.2. The van der Waals surface area contributed by atoms with E-state index in [1.807, 2.05) is 60.6 Å². The van der Waals surface area contributed by atoms with Gasteiger partial charge in [-0.2, -0.15) is 0 Å². The molecule has 154 valence electrons. The number of piperazine rings is 1. The van der Waals surface area contributed by atoms with Crippen molar-refractivity contribution in [3.05, 3.63) is 48.7 Å². The summed E-state index contributed by atoms with van der Waals surface area (Å²) >= 11 is 0. The summed E-state index contributed by atoms with van der Waals surface area (Å²) in [5.74, 6) is 2.78. The van der Waals surface area contributed by atoms with Crippen LogP contribution in [0.1, 0.15) is 6.42 Å². The van der Waals surface area contributed by atoms with Gasteiger partial charge in [-0.1, -0.05) is 18.2 Å². The lowest BCUT2D eigenvalue weighted by molar-refractivity contribution is -0.131. The number of fused-ring (bicyclic) bond motifs is 1. The van der Waals surface area contributed by atoms with Crippen LogP contribution in [0.4, 0.5) is 5.82 Å². The summed E-state index contributed by atoms with van der Waals surface area (Å²) in [5.41, 5.74) is 0. The maximum absolute atomic E-state index is 12.6. The minimum Gasteiger partial charge on any atom is -0.486 e. The average molecular weight is 396 g/mol. The molecule has 0 saturated carbocycles. The molecule has 0 bridgehead atoms. The number of pyridine rings is 1. The molecule has 1 amide bonds. The molecule has 7 nitrogen and oxygen atoms in total. The van der Waals surface area contributed by atoms with Gasteiger partial charge in [-0.15, -0.1) is 0 Å². The van der Waals surface area contributed by atoms with Gasteiger partial charge in [0, 0.05) is 51.9 Å². The van der Waals surface area contributed by atoms with E-state index in [4.69, 9.17) is 9.47 Å². The van der Waals surface area contributed by atoms with Crippen LogP contribution in [0, 0.1) is 0 Å². The molecule has 1 saturated heterocycles. The van der Waals surface area contributed by atoms with Crippen molar-refractivity contribution in [3.63, 3.8) is 0 Å². The first-order valence-corrected chi connectivity index (χ1v) is 10.2. The number of ether oxygens (including phenoxy) is 2.